The molecule has 0 amide bonds. The minimum atomic E-state index is 0.519. The van der Waals surface area contributed by atoms with Gasteiger partial charge in [-0.15, -0.1) is 0 Å². The van der Waals surface area contributed by atoms with E-state index in [2.05, 4.69) is 4.74 Å². The quantitative estimate of drug-likeness (QED) is 0.610. The van der Waals surface area contributed by atoms with Crippen molar-refractivity contribution in [2.24, 2.45) is 0 Å². The predicted molar refractivity (Wildman–Crippen MR) is 72.1 cm³/mol. The van der Waals surface area contributed by atoms with Crippen LogP contribution < -0.4 is 4.31 Å². The van der Waals surface area contributed by atoms with Crippen LogP contribution in [0.5, 0.6) is 0 Å². The Labute approximate surface area is 106 Å². The molecule has 0 unspecified atom stereocenters. The Hall–Kier alpha value is -1.33. The normalized spacial score (nSPS) is 8.94. The smallest absolute Gasteiger partial charge is 0.152 e. The first-order valence-corrected chi connectivity index (χ1v) is 6.05. The molecule has 0 heterocycles. The molecule has 0 radical (unpaired) electrons. The third-order valence-electron chi connectivity index (χ3n) is 1.93. The summed E-state index contributed by atoms with van der Waals surface area (Å²) in [5.74, 6) is 0. The van der Waals surface area contributed by atoms with E-state index < -0.39 is 0 Å². The topological polar surface area (TPSA) is 46.6 Å². The molecular formula is C12H17NO3S. The van der Waals surface area contributed by atoms with Crippen LogP contribution >= 0.6 is 11.9 Å². The third-order valence-corrected chi connectivity index (χ3v) is 2.67. The van der Waals surface area contributed by atoms with E-state index in [9.17, 15) is 9.59 Å². The van der Waals surface area contributed by atoms with Gasteiger partial charge in [0.25, 0.3) is 0 Å². The summed E-state index contributed by atoms with van der Waals surface area (Å²) in [6.07, 6.45) is 3.41. The predicted octanol–water partition coefficient (Wildman–Crippen LogP) is 2.29. The van der Waals surface area contributed by atoms with E-state index in [4.69, 9.17) is 0 Å². The van der Waals surface area contributed by atoms with Crippen LogP contribution in [0.4, 0.5) is 5.69 Å². The average molecular weight is 255 g/mol. The number of carbonyl (C=O) groups excluding carboxylic acids is 2. The van der Waals surface area contributed by atoms with Crippen molar-refractivity contribution in [3.8, 4) is 0 Å². The number of benzene rings is 1. The SMILES string of the molecule is COC.CSN(C)c1ccc(C=O)cc1C=O. The van der Waals surface area contributed by atoms with Crippen LogP contribution in [0.2, 0.25) is 0 Å². The van der Waals surface area contributed by atoms with Crippen molar-refractivity contribution in [3.63, 3.8) is 0 Å². The van der Waals surface area contributed by atoms with Crippen molar-refractivity contribution in [3.05, 3.63) is 29.3 Å². The highest BCUT2D eigenvalue weighted by molar-refractivity contribution is 7.99. The van der Waals surface area contributed by atoms with Crippen molar-refractivity contribution in [2.45, 2.75) is 0 Å². The average Bonchev–Trinajstić information content (AvgIpc) is 2.37. The standard InChI is InChI=1S/C10H11NO2S.C2H6O/c1-11(14-2)10-4-3-8(6-12)5-9(10)7-13;1-3-2/h3-7H,1-2H3;1-2H3. The van der Waals surface area contributed by atoms with Crippen molar-refractivity contribution in [1.29, 1.82) is 0 Å². The van der Waals surface area contributed by atoms with Gasteiger partial charge in [-0.25, -0.2) is 0 Å². The second-order valence-corrected chi connectivity index (χ2v) is 4.06. The van der Waals surface area contributed by atoms with Crippen molar-refractivity contribution in [1.82, 2.24) is 0 Å². The van der Waals surface area contributed by atoms with E-state index in [0.29, 0.717) is 11.1 Å². The lowest BCUT2D eigenvalue weighted by molar-refractivity contribution is 0.112. The maximum Gasteiger partial charge on any atom is 0.152 e. The molecule has 1 aromatic carbocycles. The molecule has 17 heavy (non-hydrogen) atoms. The molecule has 0 aliphatic heterocycles. The molecule has 0 bridgehead atoms. The fourth-order valence-electron chi connectivity index (χ4n) is 1.13. The van der Waals surface area contributed by atoms with Gasteiger partial charge < -0.3 is 9.04 Å². The minimum absolute atomic E-state index is 0.519. The van der Waals surface area contributed by atoms with Gasteiger partial charge in [-0.3, -0.25) is 9.59 Å². The second kappa shape index (κ2) is 8.78. The third kappa shape index (κ3) is 5.01. The number of ether oxygens (including phenoxy) is 1. The van der Waals surface area contributed by atoms with Crippen LogP contribution in [-0.4, -0.2) is 40.1 Å². The number of aldehydes is 2. The van der Waals surface area contributed by atoms with E-state index in [1.807, 2.05) is 17.6 Å². The van der Waals surface area contributed by atoms with E-state index >= 15 is 0 Å². The molecule has 5 heteroatoms. The van der Waals surface area contributed by atoms with Crippen LogP contribution in [0.1, 0.15) is 20.7 Å². The molecule has 0 spiro atoms. The van der Waals surface area contributed by atoms with Crippen LogP contribution in [0, 0.1) is 0 Å². The maximum atomic E-state index is 10.8. The van der Waals surface area contributed by atoms with Crippen LogP contribution in [0.3, 0.4) is 0 Å². The van der Waals surface area contributed by atoms with Gasteiger partial charge in [0.2, 0.25) is 0 Å². The lowest BCUT2D eigenvalue weighted by Gasteiger charge is -2.17. The minimum Gasteiger partial charge on any atom is -0.388 e. The monoisotopic (exact) mass is 255 g/mol. The lowest BCUT2D eigenvalue weighted by atomic mass is 10.1. The van der Waals surface area contributed by atoms with E-state index in [1.165, 1.54) is 11.9 Å². The Bertz CT molecular complexity index is 369. The maximum absolute atomic E-state index is 10.8. The van der Waals surface area contributed by atoms with E-state index in [0.717, 1.165) is 18.3 Å². The van der Waals surface area contributed by atoms with E-state index in [-0.39, 0.29) is 0 Å². The molecule has 94 valence electrons. The first-order valence-electron chi connectivity index (χ1n) is 4.86. The number of hydrogen-bond acceptors (Lipinski definition) is 5. The molecule has 0 saturated heterocycles. The Morgan fingerprint density at radius 1 is 1.24 bits per heavy atom. The van der Waals surface area contributed by atoms with Gasteiger partial charge in [0.15, 0.2) is 6.29 Å². The van der Waals surface area contributed by atoms with Gasteiger partial charge in [0, 0.05) is 38.6 Å². The molecule has 0 aromatic heterocycles. The zero-order valence-electron chi connectivity index (χ0n) is 10.5. The molecule has 0 aliphatic rings. The summed E-state index contributed by atoms with van der Waals surface area (Å²) in [5.41, 5.74) is 1.87. The zero-order chi connectivity index (χ0) is 13.3. The summed E-state index contributed by atoms with van der Waals surface area (Å²) in [7, 11) is 5.12. The molecular weight excluding hydrogens is 238 g/mol. The van der Waals surface area contributed by atoms with Gasteiger partial charge >= 0.3 is 0 Å². The van der Waals surface area contributed by atoms with Crippen molar-refractivity contribution in [2.75, 3.05) is 31.8 Å². The molecule has 0 saturated carbocycles. The highest BCUT2D eigenvalue weighted by Gasteiger charge is 2.06. The summed E-state index contributed by atoms with van der Waals surface area (Å²) in [4.78, 5) is 21.3. The fourth-order valence-corrected chi connectivity index (χ4v) is 1.49. The summed E-state index contributed by atoms with van der Waals surface area (Å²) in [6, 6.07) is 5.05. The van der Waals surface area contributed by atoms with Gasteiger partial charge in [-0.2, -0.15) is 0 Å². The summed E-state index contributed by atoms with van der Waals surface area (Å²) in [6.45, 7) is 0. The largest absolute Gasteiger partial charge is 0.388 e. The summed E-state index contributed by atoms with van der Waals surface area (Å²) in [5, 5.41) is 0. The zero-order valence-corrected chi connectivity index (χ0v) is 11.3. The first kappa shape index (κ1) is 15.7. The lowest BCUT2D eigenvalue weighted by Crippen LogP contribution is -2.08. The molecule has 1 rings (SSSR count). The number of hydrogen-bond donors (Lipinski definition) is 0. The Balaban J connectivity index is 0.000000770. The second-order valence-electron chi connectivity index (χ2n) is 3.14. The molecule has 0 atom stereocenters. The molecule has 4 nitrogen and oxygen atoms in total. The fraction of sp³-hybridized carbons (Fsp3) is 0.333. The summed E-state index contributed by atoms with van der Waals surface area (Å²) < 4.78 is 6.12. The first-order chi connectivity index (χ1) is 8.14. The Morgan fingerprint density at radius 2 is 1.82 bits per heavy atom. The number of anilines is 1. The number of nitrogens with zero attached hydrogens (tertiary/aromatic N) is 1. The molecule has 0 N–H and O–H groups in total. The Kier molecular flexibility index (Phi) is 8.09. The van der Waals surface area contributed by atoms with Crippen LogP contribution in [0.25, 0.3) is 0 Å². The van der Waals surface area contributed by atoms with Crippen LogP contribution in [0.15, 0.2) is 18.2 Å². The van der Waals surface area contributed by atoms with Gasteiger partial charge in [-0.1, -0.05) is 11.9 Å². The molecule has 0 fully saturated rings. The van der Waals surface area contributed by atoms with Crippen molar-refractivity contribution >= 4 is 30.2 Å². The number of rotatable bonds is 4. The van der Waals surface area contributed by atoms with E-state index in [1.54, 1.807) is 32.4 Å². The number of carbonyl (C=O) groups is 2. The Morgan fingerprint density at radius 3 is 2.24 bits per heavy atom. The van der Waals surface area contributed by atoms with Crippen molar-refractivity contribution < 1.29 is 14.3 Å². The number of methoxy groups -OCH3 is 1. The summed E-state index contributed by atoms with van der Waals surface area (Å²) >= 11 is 1.51. The molecule has 0 aliphatic carbocycles. The highest BCUT2D eigenvalue weighted by Crippen LogP contribution is 2.23. The van der Waals surface area contributed by atoms with Gasteiger partial charge in [-0.05, 0) is 18.2 Å². The highest BCUT2D eigenvalue weighted by atomic mass is 32.2. The van der Waals surface area contributed by atoms with Gasteiger partial charge in [0.05, 0.1) is 5.69 Å². The van der Waals surface area contributed by atoms with Crippen LogP contribution in [-0.2, 0) is 4.74 Å². The molecule has 1 aromatic rings. The van der Waals surface area contributed by atoms with Gasteiger partial charge in [0.1, 0.15) is 6.29 Å².